The fourth-order valence-corrected chi connectivity index (χ4v) is 2.19. The number of nitro groups is 1. The summed E-state index contributed by atoms with van der Waals surface area (Å²) >= 11 is 2.16. The van der Waals surface area contributed by atoms with E-state index in [0.29, 0.717) is 5.69 Å². The predicted molar refractivity (Wildman–Crippen MR) is 83.3 cm³/mol. The molecule has 0 aliphatic rings. The van der Waals surface area contributed by atoms with Crippen LogP contribution in [0.25, 0.3) is 0 Å². The van der Waals surface area contributed by atoms with E-state index in [2.05, 4.69) is 33.3 Å². The number of hydrogen-bond acceptors (Lipinski definition) is 5. The van der Waals surface area contributed by atoms with Gasteiger partial charge in [0.05, 0.1) is 10.6 Å². The fraction of sp³-hybridized carbons (Fsp3) is 0. The second kappa shape index (κ2) is 5.85. The average molecular weight is 370 g/mol. The quantitative estimate of drug-likeness (QED) is 0.333. The van der Waals surface area contributed by atoms with Crippen molar-refractivity contribution in [2.24, 2.45) is 5.84 Å². The van der Waals surface area contributed by atoms with Crippen LogP contribution in [0.3, 0.4) is 0 Å². The van der Waals surface area contributed by atoms with Crippen molar-refractivity contribution in [3.63, 3.8) is 0 Å². The van der Waals surface area contributed by atoms with E-state index in [0.717, 1.165) is 9.26 Å². The van der Waals surface area contributed by atoms with E-state index in [-0.39, 0.29) is 11.4 Å². The second-order valence-corrected chi connectivity index (χ2v) is 4.87. The zero-order valence-corrected chi connectivity index (χ0v) is 11.9. The molecular weight excluding hydrogens is 359 g/mol. The summed E-state index contributed by atoms with van der Waals surface area (Å²) in [6.45, 7) is 0. The van der Waals surface area contributed by atoms with Crippen molar-refractivity contribution in [3.05, 3.63) is 56.1 Å². The smallest absolute Gasteiger partial charge is 0.316 e. The maximum atomic E-state index is 11.1. The Morgan fingerprint density at radius 3 is 2.32 bits per heavy atom. The first-order valence-electron chi connectivity index (χ1n) is 5.39. The lowest BCUT2D eigenvalue weighted by molar-refractivity contribution is -0.383. The van der Waals surface area contributed by atoms with Gasteiger partial charge in [0.25, 0.3) is 0 Å². The van der Waals surface area contributed by atoms with Crippen LogP contribution in [0.2, 0.25) is 0 Å². The van der Waals surface area contributed by atoms with Crippen LogP contribution >= 0.6 is 22.6 Å². The third kappa shape index (κ3) is 2.93. The molecule has 2 rings (SSSR count). The molecule has 98 valence electrons. The first kappa shape index (κ1) is 13.6. The van der Waals surface area contributed by atoms with Crippen molar-refractivity contribution in [1.82, 2.24) is 0 Å². The van der Waals surface area contributed by atoms with Gasteiger partial charge >= 0.3 is 5.69 Å². The number of nitrogens with zero attached hydrogens (tertiary/aromatic N) is 1. The van der Waals surface area contributed by atoms with Gasteiger partial charge in [-0.3, -0.25) is 16.0 Å². The molecule has 7 heteroatoms. The number of halogens is 1. The number of anilines is 3. The van der Waals surface area contributed by atoms with Crippen molar-refractivity contribution >= 4 is 45.3 Å². The van der Waals surface area contributed by atoms with Gasteiger partial charge in [-0.25, -0.2) is 0 Å². The Morgan fingerprint density at radius 1 is 1.05 bits per heavy atom. The molecule has 19 heavy (non-hydrogen) atoms. The first-order chi connectivity index (χ1) is 9.13. The molecule has 0 heterocycles. The predicted octanol–water partition coefficient (Wildman–Crippen LogP) is 3.23. The minimum absolute atomic E-state index is 0.0790. The molecule has 0 amide bonds. The number of nitrogen functional groups attached to an aromatic ring is 1. The van der Waals surface area contributed by atoms with Gasteiger partial charge in [0, 0.05) is 3.57 Å². The Hall–Kier alpha value is -1.87. The fourth-order valence-electron chi connectivity index (χ4n) is 1.67. The molecule has 2 aromatic carbocycles. The van der Waals surface area contributed by atoms with E-state index in [1.807, 2.05) is 24.3 Å². The summed E-state index contributed by atoms with van der Waals surface area (Å²) in [7, 11) is 0. The summed E-state index contributed by atoms with van der Waals surface area (Å²) in [6, 6.07) is 12.4. The van der Waals surface area contributed by atoms with E-state index < -0.39 is 4.92 Å². The van der Waals surface area contributed by atoms with Gasteiger partial charge < -0.3 is 10.7 Å². The summed E-state index contributed by atoms with van der Waals surface area (Å²) in [5, 5.41) is 14.2. The number of nitrogens with two attached hydrogens (primary N) is 1. The third-order valence-electron chi connectivity index (χ3n) is 2.52. The molecule has 0 saturated carbocycles. The second-order valence-electron chi connectivity index (χ2n) is 3.71. The zero-order chi connectivity index (χ0) is 13.8. The Balaban J connectivity index is 2.46. The lowest BCUT2D eigenvalue weighted by atomic mass is 10.2. The lowest BCUT2D eigenvalue weighted by Gasteiger charge is -2.11. The van der Waals surface area contributed by atoms with Crippen LogP contribution in [0.15, 0.2) is 42.5 Å². The highest BCUT2D eigenvalue weighted by atomic mass is 127. The van der Waals surface area contributed by atoms with Crippen LogP contribution in [0.5, 0.6) is 0 Å². The molecule has 2 aromatic rings. The van der Waals surface area contributed by atoms with Crippen LogP contribution in [0.1, 0.15) is 0 Å². The Morgan fingerprint density at radius 2 is 1.68 bits per heavy atom. The van der Waals surface area contributed by atoms with Crippen LogP contribution in [-0.4, -0.2) is 4.92 Å². The van der Waals surface area contributed by atoms with Crippen molar-refractivity contribution < 1.29 is 4.92 Å². The molecule has 0 spiro atoms. The number of rotatable bonds is 4. The summed E-state index contributed by atoms with van der Waals surface area (Å²) in [4.78, 5) is 10.7. The Bertz CT molecular complexity index is 618. The molecule has 0 radical (unpaired) electrons. The summed E-state index contributed by atoms with van der Waals surface area (Å²) in [5.41, 5.74) is 3.72. The molecular formula is C12H11IN4O2. The van der Waals surface area contributed by atoms with Crippen LogP contribution in [0.4, 0.5) is 22.7 Å². The third-order valence-corrected chi connectivity index (χ3v) is 3.46. The maximum Gasteiger partial charge on any atom is 0.316 e. The maximum absolute atomic E-state index is 11.1. The molecule has 6 nitrogen and oxygen atoms in total. The highest BCUT2D eigenvalue weighted by Crippen LogP contribution is 2.35. The summed E-state index contributed by atoms with van der Waals surface area (Å²) < 4.78 is 0.973. The van der Waals surface area contributed by atoms with Gasteiger partial charge in [0.2, 0.25) is 0 Å². The van der Waals surface area contributed by atoms with Crippen molar-refractivity contribution in [2.75, 3.05) is 10.7 Å². The van der Waals surface area contributed by atoms with Crippen LogP contribution < -0.4 is 16.6 Å². The number of para-hydroxylation sites is 2. The van der Waals surface area contributed by atoms with Gasteiger partial charge in [-0.05, 0) is 46.9 Å². The Kier molecular flexibility index (Phi) is 4.17. The molecule has 0 aliphatic carbocycles. The molecule has 0 unspecified atom stereocenters. The SMILES string of the molecule is NNc1cccc(Nc2ccccc2I)c1[N+](=O)[O-]. The Labute approximate surface area is 123 Å². The minimum Gasteiger partial charge on any atom is -0.349 e. The topological polar surface area (TPSA) is 93.2 Å². The van der Waals surface area contributed by atoms with Crippen LogP contribution in [0, 0.1) is 13.7 Å². The number of hydrazine groups is 1. The molecule has 0 aliphatic heterocycles. The molecule has 0 bridgehead atoms. The van der Waals surface area contributed by atoms with Gasteiger partial charge in [-0.2, -0.15) is 0 Å². The van der Waals surface area contributed by atoms with Gasteiger partial charge in [-0.15, -0.1) is 0 Å². The molecule has 0 fully saturated rings. The minimum atomic E-state index is -0.465. The van der Waals surface area contributed by atoms with E-state index in [1.165, 1.54) is 0 Å². The van der Waals surface area contributed by atoms with E-state index in [4.69, 9.17) is 5.84 Å². The van der Waals surface area contributed by atoms with Crippen molar-refractivity contribution in [1.29, 1.82) is 0 Å². The van der Waals surface area contributed by atoms with E-state index >= 15 is 0 Å². The van der Waals surface area contributed by atoms with E-state index in [1.54, 1.807) is 18.2 Å². The standard InChI is InChI=1S/C12H11IN4O2/c13-8-4-1-2-5-9(8)15-10-6-3-7-11(16-14)12(10)17(18)19/h1-7,15-16H,14H2. The first-order valence-corrected chi connectivity index (χ1v) is 6.47. The van der Waals surface area contributed by atoms with Gasteiger partial charge in [0.1, 0.15) is 11.4 Å². The monoisotopic (exact) mass is 370 g/mol. The number of benzene rings is 2. The zero-order valence-electron chi connectivity index (χ0n) is 9.76. The highest BCUT2D eigenvalue weighted by Gasteiger charge is 2.19. The summed E-state index contributed by atoms with van der Waals surface area (Å²) in [6.07, 6.45) is 0. The number of nitrogens with one attached hydrogen (secondary N) is 2. The lowest BCUT2D eigenvalue weighted by Crippen LogP contribution is -2.10. The average Bonchev–Trinajstić information content (AvgIpc) is 2.40. The van der Waals surface area contributed by atoms with Gasteiger partial charge in [-0.1, -0.05) is 18.2 Å². The largest absolute Gasteiger partial charge is 0.349 e. The molecule has 0 aromatic heterocycles. The highest BCUT2D eigenvalue weighted by molar-refractivity contribution is 14.1. The normalized spacial score (nSPS) is 10.0. The molecule has 0 atom stereocenters. The van der Waals surface area contributed by atoms with Crippen molar-refractivity contribution in [2.45, 2.75) is 0 Å². The van der Waals surface area contributed by atoms with Crippen LogP contribution in [-0.2, 0) is 0 Å². The molecule has 0 saturated heterocycles. The number of hydrogen-bond donors (Lipinski definition) is 3. The number of nitro benzene ring substituents is 1. The molecule has 4 N–H and O–H groups in total. The van der Waals surface area contributed by atoms with Crippen molar-refractivity contribution in [3.8, 4) is 0 Å². The summed E-state index contributed by atoms with van der Waals surface area (Å²) in [5.74, 6) is 5.30. The van der Waals surface area contributed by atoms with Gasteiger partial charge in [0.15, 0.2) is 0 Å². The van der Waals surface area contributed by atoms with E-state index in [9.17, 15) is 10.1 Å².